The van der Waals surface area contributed by atoms with Gasteiger partial charge in [0.1, 0.15) is 0 Å². The van der Waals surface area contributed by atoms with E-state index < -0.39 is 34.5 Å². The maximum absolute atomic E-state index is 12.9. The molecule has 114 valence electrons. The van der Waals surface area contributed by atoms with Crippen molar-refractivity contribution in [2.75, 3.05) is 0 Å². The van der Waals surface area contributed by atoms with Crippen molar-refractivity contribution in [3.8, 4) is 0 Å². The largest absolute Gasteiger partial charge is 0.416 e. The Labute approximate surface area is 113 Å². The fourth-order valence-corrected chi connectivity index (χ4v) is 2.08. The molecule has 1 aromatic rings. The fraction of sp³-hybridized carbons (Fsp3) is 0.571. The van der Waals surface area contributed by atoms with Crippen LogP contribution in [0, 0.1) is 12.3 Å². The third kappa shape index (κ3) is 4.15. The van der Waals surface area contributed by atoms with Crippen molar-refractivity contribution in [1.29, 1.82) is 0 Å². The number of rotatable bonds is 1. The Balaban J connectivity index is 3.51. The lowest BCUT2D eigenvalue weighted by Gasteiger charge is -2.22. The molecule has 0 N–H and O–H groups in total. The highest BCUT2D eigenvalue weighted by Crippen LogP contribution is 2.40. The van der Waals surface area contributed by atoms with Gasteiger partial charge in [-0.25, -0.2) is 0 Å². The molecule has 1 aromatic carbocycles. The maximum atomic E-state index is 12.9. The van der Waals surface area contributed by atoms with Crippen LogP contribution in [0.1, 0.15) is 43.0 Å². The zero-order valence-electron chi connectivity index (χ0n) is 11.6. The van der Waals surface area contributed by atoms with E-state index in [9.17, 15) is 26.3 Å². The molecule has 0 saturated carbocycles. The number of halogens is 6. The van der Waals surface area contributed by atoms with Crippen LogP contribution in [0.2, 0.25) is 0 Å². The minimum Gasteiger partial charge on any atom is -0.166 e. The topological polar surface area (TPSA) is 0 Å². The van der Waals surface area contributed by atoms with Crippen molar-refractivity contribution in [2.24, 2.45) is 5.41 Å². The SMILES string of the molecule is Cc1c(C(F)(F)F)cc(CC(C)(C)C)cc1C(F)(F)F. The minimum atomic E-state index is -4.79. The third-order valence-electron chi connectivity index (χ3n) is 2.81. The zero-order valence-corrected chi connectivity index (χ0v) is 11.6. The summed E-state index contributed by atoms with van der Waals surface area (Å²) in [5.74, 6) is 0. The van der Waals surface area contributed by atoms with Gasteiger partial charge in [-0.15, -0.1) is 0 Å². The first-order valence-electron chi connectivity index (χ1n) is 6.00. The molecule has 0 bridgehead atoms. The van der Waals surface area contributed by atoms with Gasteiger partial charge in [0.25, 0.3) is 0 Å². The van der Waals surface area contributed by atoms with Crippen molar-refractivity contribution in [3.63, 3.8) is 0 Å². The molecule has 6 heteroatoms. The standard InChI is InChI=1S/C14H16F6/c1-8-10(13(15,16)17)5-9(7-12(2,3)4)6-11(8)14(18,19)20/h5-6H,7H2,1-4H3. The molecule has 0 nitrogen and oxygen atoms in total. The summed E-state index contributed by atoms with van der Waals surface area (Å²) in [4.78, 5) is 0. The Hall–Kier alpha value is -1.20. The molecule has 0 heterocycles. The second kappa shape index (κ2) is 4.97. The molecule has 0 unspecified atom stereocenters. The van der Waals surface area contributed by atoms with Gasteiger partial charge in [-0.3, -0.25) is 0 Å². The Bertz CT molecular complexity index is 453. The van der Waals surface area contributed by atoms with Crippen molar-refractivity contribution in [3.05, 3.63) is 34.4 Å². The molecule has 1 rings (SSSR count). The van der Waals surface area contributed by atoms with E-state index in [1.54, 1.807) is 20.8 Å². The highest BCUT2D eigenvalue weighted by atomic mass is 19.4. The highest BCUT2D eigenvalue weighted by Gasteiger charge is 2.40. The number of benzene rings is 1. The van der Waals surface area contributed by atoms with Gasteiger partial charge in [0, 0.05) is 0 Å². The summed E-state index contributed by atoms with van der Waals surface area (Å²) in [6.45, 7) is 6.13. The van der Waals surface area contributed by atoms with Gasteiger partial charge < -0.3 is 0 Å². The van der Waals surface area contributed by atoms with Crippen LogP contribution in [-0.4, -0.2) is 0 Å². The van der Waals surface area contributed by atoms with E-state index in [0.29, 0.717) is 0 Å². The van der Waals surface area contributed by atoms with E-state index in [2.05, 4.69) is 0 Å². The second-order valence-electron chi connectivity index (χ2n) is 6.05. The summed E-state index contributed by atoms with van der Waals surface area (Å²) in [7, 11) is 0. The van der Waals surface area contributed by atoms with Crippen molar-refractivity contribution >= 4 is 0 Å². The van der Waals surface area contributed by atoms with Crippen molar-refractivity contribution in [1.82, 2.24) is 0 Å². The van der Waals surface area contributed by atoms with Crippen molar-refractivity contribution < 1.29 is 26.3 Å². The van der Waals surface area contributed by atoms with E-state index in [-0.39, 0.29) is 12.0 Å². The average Bonchev–Trinajstić information content (AvgIpc) is 2.14. The average molecular weight is 298 g/mol. The summed E-state index contributed by atoms with van der Waals surface area (Å²) in [6.07, 6.45) is -9.45. The van der Waals surface area contributed by atoms with Gasteiger partial charge in [-0.2, -0.15) is 26.3 Å². The Morgan fingerprint density at radius 1 is 0.800 bits per heavy atom. The molecule has 0 aliphatic carbocycles. The van der Waals surface area contributed by atoms with E-state index in [1.807, 2.05) is 0 Å². The van der Waals surface area contributed by atoms with Crippen LogP contribution in [0.5, 0.6) is 0 Å². The van der Waals surface area contributed by atoms with E-state index >= 15 is 0 Å². The predicted octanol–water partition coefficient (Wildman–Crippen LogP) is 5.62. The van der Waals surface area contributed by atoms with E-state index in [0.717, 1.165) is 19.1 Å². The van der Waals surface area contributed by atoms with Gasteiger partial charge >= 0.3 is 12.4 Å². The van der Waals surface area contributed by atoms with E-state index in [4.69, 9.17) is 0 Å². The summed E-state index contributed by atoms with van der Waals surface area (Å²) < 4.78 is 77.2. The molecule has 0 radical (unpaired) electrons. The van der Waals surface area contributed by atoms with Gasteiger partial charge in [0.05, 0.1) is 11.1 Å². The van der Waals surface area contributed by atoms with Gasteiger partial charge in [0.2, 0.25) is 0 Å². The minimum absolute atomic E-state index is 0.0442. The smallest absolute Gasteiger partial charge is 0.166 e. The van der Waals surface area contributed by atoms with Gasteiger partial charge in [-0.1, -0.05) is 20.8 Å². The molecular weight excluding hydrogens is 282 g/mol. The van der Waals surface area contributed by atoms with Crippen LogP contribution in [0.25, 0.3) is 0 Å². The fourth-order valence-electron chi connectivity index (χ4n) is 2.08. The molecule has 0 aromatic heterocycles. The summed E-state index contributed by atoms with van der Waals surface area (Å²) in [5.41, 5.74) is -3.57. The molecule has 0 spiro atoms. The van der Waals surface area contributed by atoms with Crippen LogP contribution in [0.4, 0.5) is 26.3 Å². The molecule has 0 atom stereocenters. The normalized spacial score (nSPS) is 13.7. The molecule has 20 heavy (non-hydrogen) atoms. The van der Waals surface area contributed by atoms with Crippen LogP contribution in [0.15, 0.2) is 12.1 Å². The second-order valence-corrected chi connectivity index (χ2v) is 6.05. The third-order valence-corrected chi connectivity index (χ3v) is 2.81. The molecule has 0 saturated heterocycles. The molecule has 0 fully saturated rings. The number of hydrogen-bond donors (Lipinski definition) is 0. The highest BCUT2D eigenvalue weighted by molar-refractivity contribution is 5.42. The quantitative estimate of drug-likeness (QED) is 0.590. The van der Waals surface area contributed by atoms with Gasteiger partial charge in [0.15, 0.2) is 0 Å². The predicted molar refractivity (Wildman–Crippen MR) is 64.3 cm³/mol. The number of hydrogen-bond acceptors (Lipinski definition) is 0. The van der Waals surface area contributed by atoms with Crippen LogP contribution >= 0.6 is 0 Å². The lowest BCUT2D eigenvalue weighted by Crippen LogP contribution is -2.17. The molecule has 0 aliphatic rings. The zero-order chi connectivity index (χ0) is 15.9. The lowest BCUT2D eigenvalue weighted by atomic mass is 9.85. The van der Waals surface area contributed by atoms with E-state index in [1.165, 1.54) is 0 Å². The van der Waals surface area contributed by atoms with Crippen molar-refractivity contribution in [2.45, 2.75) is 46.5 Å². The number of alkyl halides is 6. The first-order valence-corrected chi connectivity index (χ1v) is 6.00. The summed E-state index contributed by atoms with van der Waals surface area (Å²) >= 11 is 0. The summed E-state index contributed by atoms with van der Waals surface area (Å²) in [6, 6.07) is 1.63. The first kappa shape index (κ1) is 16.9. The molecular formula is C14H16F6. The lowest BCUT2D eigenvalue weighted by molar-refractivity contribution is -0.144. The first-order chi connectivity index (χ1) is 8.72. The monoisotopic (exact) mass is 298 g/mol. The summed E-state index contributed by atoms with van der Waals surface area (Å²) in [5, 5.41) is 0. The van der Waals surface area contributed by atoms with Gasteiger partial charge in [-0.05, 0) is 42.0 Å². The Morgan fingerprint density at radius 3 is 1.40 bits per heavy atom. The van der Waals surface area contributed by atoms with Crippen LogP contribution in [0.3, 0.4) is 0 Å². The van der Waals surface area contributed by atoms with Crippen LogP contribution in [-0.2, 0) is 18.8 Å². The van der Waals surface area contributed by atoms with Crippen LogP contribution < -0.4 is 0 Å². The Kier molecular flexibility index (Phi) is 4.19. The molecule has 0 aliphatic heterocycles. The Morgan fingerprint density at radius 2 is 1.15 bits per heavy atom. The maximum Gasteiger partial charge on any atom is 0.416 e. The molecule has 0 amide bonds.